The van der Waals surface area contributed by atoms with E-state index in [0.717, 1.165) is 26.6 Å². The minimum atomic E-state index is 0.268. The van der Waals surface area contributed by atoms with Crippen LogP contribution in [-0.2, 0) is 0 Å². The molecule has 3 aromatic rings. The molecule has 0 aliphatic heterocycles. The Kier molecular flexibility index (Phi) is 3.80. The van der Waals surface area contributed by atoms with Gasteiger partial charge in [0.2, 0.25) is 0 Å². The van der Waals surface area contributed by atoms with Crippen LogP contribution in [0.4, 0.5) is 0 Å². The third-order valence-corrected chi connectivity index (χ3v) is 5.84. The van der Waals surface area contributed by atoms with Crippen LogP contribution in [0.15, 0.2) is 24.8 Å². The molecule has 1 aliphatic rings. The summed E-state index contributed by atoms with van der Waals surface area (Å²) in [5.74, 6) is 0.871. The molecule has 0 unspecified atom stereocenters. The molecule has 3 heterocycles. The molecule has 1 atom stereocenters. The first-order valence-corrected chi connectivity index (χ1v) is 8.79. The maximum Gasteiger partial charge on any atom is 0.141 e. The molecule has 1 fully saturated rings. The highest BCUT2D eigenvalue weighted by molar-refractivity contribution is 7.15. The molecule has 0 radical (unpaired) electrons. The van der Waals surface area contributed by atoms with E-state index in [4.69, 9.17) is 0 Å². The van der Waals surface area contributed by atoms with Crippen molar-refractivity contribution in [2.45, 2.75) is 38.0 Å². The van der Waals surface area contributed by atoms with E-state index in [2.05, 4.69) is 26.0 Å². The summed E-state index contributed by atoms with van der Waals surface area (Å²) in [6.07, 6.45) is 10.9. The molecule has 0 saturated heterocycles. The fourth-order valence-electron chi connectivity index (χ4n) is 3.55. The van der Waals surface area contributed by atoms with Crippen molar-refractivity contribution in [3.05, 3.63) is 29.8 Å². The van der Waals surface area contributed by atoms with Gasteiger partial charge in [0, 0.05) is 30.1 Å². The van der Waals surface area contributed by atoms with Gasteiger partial charge in [0.05, 0.1) is 21.6 Å². The summed E-state index contributed by atoms with van der Waals surface area (Å²) in [5.41, 5.74) is 1.76. The van der Waals surface area contributed by atoms with Crippen LogP contribution in [0.2, 0.25) is 0 Å². The average Bonchev–Trinajstić information content (AvgIpc) is 3.32. The van der Waals surface area contributed by atoms with Crippen molar-refractivity contribution in [2.24, 2.45) is 5.92 Å². The van der Waals surface area contributed by atoms with Crippen LogP contribution in [0.1, 0.15) is 43.0 Å². The van der Waals surface area contributed by atoms with Crippen LogP contribution in [0.3, 0.4) is 0 Å². The summed E-state index contributed by atoms with van der Waals surface area (Å²) in [5, 5.41) is 11.3. The Morgan fingerprint density at radius 2 is 2.17 bits per heavy atom. The maximum absolute atomic E-state index is 9.20. The predicted molar refractivity (Wildman–Crippen MR) is 89.9 cm³/mol. The molecule has 1 aliphatic carbocycles. The molecule has 0 amide bonds. The van der Waals surface area contributed by atoms with Gasteiger partial charge in [-0.2, -0.15) is 5.26 Å². The number of H-pyrrole nitrogens is 1. The van der Waals surface area contributed by atoms with Crippen LogP contribution in [-0.4, -0.2) is 19.9 Å². The highest BCUT2D eigenvalue weighted by atomic mass is 32.1. The molecule has 1 N–H and O–H groups in total. The largest absolute Gasteiger partial charge is 0.346 e. The Labute approximate surface area is 138 Å². The summed E-state index contributed by atoms with van der Waals surface area (Å²) in [6, 6.07) is 4.35. The first-order chi connectivity index (χ1) is 11.4. The van der Waals surface area contributed by atoms with Gasteiger partial charge in [0.15, 0.2) is 0 Å². The van der Waals surface area contributed by atoms with Gasteiger partial charge in [-0.15, -0.1) is 11.3 Å². The number of aromatic amines is 1. The molecular weight excluding hydrogens is 306 g/mol. The minimum Gasteiger partial charge on any atom is -0.346 e. The molecule has 3 aromatic heterocycles. The standard InChI is InChI=1S/C17H17N5S/c18-7-5-12(11-3-1-2-4-11)17-20-9-14(23-17)15-13-6-8-19-16(13)22-10-21-15/h6,8-12H,1-5H2,(H,19,21,22)/t12-/m1/s1. The first kappa shape index (κ1) is 14.3. The topological polar surface area (TPSA) is 78.2 Å². The van der Waals surface area contributed by atoms with E-state index in [0.29, 0.717) is 12.3 Å². The van der Waals surface area contributed by atoms with Gasteiger partial charge in [0.1, 0.15) is 12.0 Å². The van der Waals surface area contributed by atoms with Gasteiger partial charge in [0.25, 0.3) is 0 Å². The van der Waals surface area contributed by atoms with Gasteiger partial charge < -0.3 is 4.98 Å². The second-order valence-corrected chi connectivity index (χ2v) is 7.10. The first-order valence-electron chi connectivity index (χ1n) is 7.98. The number of nitrogens with one attached hydrogen (secondary N) is 1. The second kappa shape index (κ2) is 6.09. The molecule has 1 saturated carbocycles. The molecule has 0 bridgehead atoms. The summed E-state index contributed by atoms with van der Waals surface area (Å²) in [7, 11) is 0. The quantitative estimate of drug-likeness (QED) is 0.777. The number of aromatic nitrogens is 4. The number of nitrogens with zero attached hydrogens (tertiary/aromatic N) is 4. The Hall–Kier alpha value is -2.26. The lowest BCUT2D eigenvalue weighted by Crippen LogP contribution is -2.08. The van der Waals surface area contributed by atoms with E-state index < -0.39 is 0 Å². The van der Waals surface area contributed by atoms with Crippen molar-refractivity contribution < 1.29 is 0 Å². The zero-order valence-electron chi connectivity index (χ0n) is 12.7. The van der Waals surface area contributed by atoms with Crippen molar-refractivity contribution in [1.82, 2.24) is 19.9 Å². The van der Waals surface area contributed by atoms with E-state index in [9.17, 15) is 5.26 Å². The number of nitriles is 1. The second-order valence-electron chi connectivity index (χ2n) is 6.04. The highest BCUT2D eigenvalue weighted by Crippen LogP contribution is 2.42. The summed E-state index contributed by atoms with van der Waals surface area (Å²) >= 11 is 1.67. The molecular formula is C17H17N5S. The zero-order chi connectivity index (χ0) is 15.6. The number of thiazole rings is 1. The van der Waals surface area contributed by atoms with E-state index in [1.807, 2.05) is 18.5 Å². The van der Waals surface area contributed by atoms with Crippen molar-refractivity contribution in [3.8, 4) is 16.6 Å². The Bertz CT molecular complexity index is 853. The third kappa shape index (κ3) is 2.62. The van der Waals surface area contributed by atoms with Crippen LogP contribution in [0.5, 0.6) is 0 Å². The SMILES string of the molecule is N#CC[C@@H](c1ncc(-c2ncnc3[nH]ccc23)s1)C1CCCC1. The van der Waals surface area contributed by atoms with E-state index in [-0.39, 0.29) is 5.92 Å². The lowest BCUT2D eigenvalue weighted by molar-refractivity contribution is 0.438. The lowest BCUT2D eigenvalue weighted by atomic mass is 9.89. The van der Waals surface area contributed by atoms with E-state index >= 15 is 0 Å². The molecule has 23 heavy (non-hydrogen) atoms. The van der Waals surface area contributed by atoms with E-state index in [1.54, 1.807) is 17.7 Å². The van der Waals surface area contributed by atoms with Gasteiger partial charge in [-0.1, -0.05) is 12.8 Å². The molecule has 6 heteroatoms. The van der Waals surface area contributed by atoms with Crippen molar-refractivity contribution in [3.63, 3.8) is 0 Å². The van der Waals surface area contributed by atoms with Crippen molar-refractivity contribution in [2.75, 3.05) is 0 Å². The third-order valence-electron chi connectivity index (χ3n) is 4.71. The Morgan fingerprint density at radius 3 is 3.00 bits per heavy atom. The van der Waals surface area contributed by atoms with Gasteiger partial charge in [-0.05, 0) is 24.8 Å². The molecule has 5 nitrogen and oxygen atoms in total. The monoisotopic (exact) mass is 323 g/mol. The fourth-order valence-corrected chi connectivity index (χ4v) is 4.67. The van der Waals surface area contributed by atoms with Crippen molar-refractivity contribution in [1.29, 1.82) is 5.26 Å². The minimum absolute atomic E-state index is 0.268. The number of hydrogen-bond acceptors (Lipinski definition) is 5. The molecule has 0 aromatic carbocycles. The number of fused-ring (bicyclic) bond motifs is 1. The maximum atomic E-state index is 9.20. The van der Waals surface area contributed by atoms with E-state index in [1.165, 1.54) is 25.7 Å². The van der Waals surface area contributed by atoms with Gasteiger partial charge in [-0.25, -0.2) is 15.0 Å². The van der Waals surface area contributed by atoms with Crippen LogP contribution in [0, 0.1) is 17.2 Å². The van der Waals surface area contributed by atoms with Crippen LogP contribution in [0.25, 0.3) is 21.6 Å². The fraction of sp³-hybridized carbons (Fsp3) is 0.412. The highest BCUT2D eigenvalue weighted by Gasteiger charge is 2.28. The zero-order valence-corrected chi connectivity index (χ0v) is 13.5. The van der Waals surface area contributed by atoms with Crippen LogP contribution < -0.4 is 0 Å². The molecule has 116 valence electrons. The summed E-state index contributed by atoms with van der Waals surface area (Å²) in [6.45, 7) is 0. The number of hydrogen-bond donors (Lipinski definition) is 1. The normalized spacial score (nSPS) is 16.7. The molecule has 4 rings (SSSR count). The number of rotatable bonds is 4. The smallest absolute Gasteiger partial charge is 0.141 e. The lowest BCUT2D eigenvalue weighted by Gasteiger charge is -2.18. The predicted octanol–water partition coefficient (Wildman–Crippen LogP) is 4.27. The summed E-state index contributed by atoms with van der Waals surface area (Å²) in [4.78, 5) is 17.5. The summed E-state index contributed by atoms with van der Waals surface area (Å²) < 4.78 is 0. The Morgan fingerprint density at radius 1 is 1.30 bits per heavy atom. The Balaban J connectivity index is 1.70. The van der Waals surface area contributed by atoms with Gasteiger partial charge >= 0.3 is 0 Å². The molecule has 0 spiro atoms. The van der Waals surface area contributed by atoms with Gasteiger partial charge in [-0.3, -0.25) is 0 Å². The average molecular weight is 323 g/mol. The van der Waals surface area contributed by atoms with Crippen LogP contribution >= 0.6 is 11.3 Å². The van der Waals surface area contributed by atoms with Crippen molar-refractivity contribution >= 4 is 22.4 Å².